The van der Waals surface area contributed by atoms with Gasteiger partial charge in [-0.3, -0.25) is 4.79 Å². The first kappa shape index (κ1) is 16.6. The summed E-state index contributed by atoms with van der Waals surface area (Å²) in [6, 6.07) is 10.5. The Bertz CT molecular complexity index is 1050. The molecule has 2 heterocycles. The van der Waals surface area contributed by atoms with Gasteiger partial charge in [-0.15, -0.1) is 0 Å². The maximum Gasteiger partial charge on any atom is 0.266 e. The van der Waals surface area contributed by atoms with Crippen molar-refractivity contribution < 1.29 is 14.3 Å². The molecule has 0 saturated heterocycles. The molecule has 4 N–H and O–H groups in total. The predicted octanol–water partition coefficient (Wildman–Crippen LogP) is 2.74. The quantitative estimate of drug-likeness (QED) is 0.644. The lowest BCUT2D eigenvalue weighted by molar-refractivity contribution is -0.129. The molecule has 132 valence electrons. The molecule has 0 aliphatic carbocycles. The fraction of sp³-hybridized carbons (Fsp3) is 0.111. The highest BCUT2D eigenvalue weighted by molar-refractivity contribution is 6.30. The Morgan fingerprint density at radius 1 is 1.27 bits per heavy atom. The number of halogens is 2. The van der Waals surface area contributed by atoms with Crippen molar-refractivity contribution in [3.63, 3.8) is 0 Å². The summed E-state index contributed by atoms with van der Waals surface area (Å²) < 4.78 is 15.1. The molecule has 1 atom stereocenters. The molecule has 1 aliphatic rings. The largest absolute Gasteiger partial charge is 0.383 e. The Morgan fingerprint density at radius 2 is 1.96 bits per heavy atom. The molecule has 26 heavy (non-hydrogen) atoms. The van der Waals surface area contributed by atoms with Gasteiger partial charge in [0.2, 0.25) is 5.60 Å². The van der Waals surface area contributed by atoms with Gasteiger partial charge in [-0.2, -0.15) is 5.10 Å². The summed E-state index contributed by atoms with van der Waals surface area (Å²) in [4.78, 5) is 12.6. The number of carbonyl (C=O) groups is 1. The Kier molecular flexibility index (Phi) is 3.54. The molecule has 4 rings (SSSR count). The maximum atomic E-state index is 13.7. The van der Waals surface area contributed by atoms with Gasteiger partial charge >= 0.3 is 0 Å². The summed E-state index contributed by atoms with van der Waals surface area (Å²) in [6.45, 7) is 1.63. The molecule has 0 bridgehead atoms. The van der Waals surface area contributed by atoms with Crippen LogP contribution >= 0.6 is 11.6 Å². The molecule has 0 unspecified atom stereocenters. The Labute approximate surface area is 153 Å². The van der Waals surface area contributed by atoms with E-state index in [9.17, 15) is 14.3 Å². The van der Waals surface area contributed by atoms with E-state index in [1.54, 1.807) is 31.2 Å². The maximum absolute atomic E-state index is 13.7. The van der Waals surface area contributed by atoms with Gasteiger partial charge in [0.1, 0.15) is 11.6 Å². The molecular weight excluding hydrogens is 359 g/mol. The smallest absolute Gasteiger partial charge is 0.266 e. The highest BCUT2D eigenvalue weighted by Crippen LogP contribution is 2.44. The Balaban J connectivity index is 1.93. The number of aromatic nitrogens is 2. The number of nitrogens with zero attached hydrogens (tertiary/aromatic N) is 2. The molecule has 1 amide bonds. The standard InChI is InChI=1S/C18H14ClFN4O2/c1-9-15(16(21)24(23-9)12-5-2-10(19)3-6-12)18(26)13-8-11(20)4-7-14(13)22-17(18)25/h2-8,26H,21H2,1H3,(H,22,25)/t18-/m0/s1. The van der Waals surface area contributed by atoms with Crippen molar-refractivity contribution in [2.75, 3.05) is 11.1 Å². The van der Waals surface area contributed by atoms with E-state index < -0.39 is 17.3 Å². The van der Waals surface area contributed by atoms with E-state index in [1.807, 2.05) is 0 Å². The van der Waals surface area contributed by atoms with E-state index in [0.29, 0.717) is 22.1 Å². The molecule has 0 radical (unpaired) electrons. The molecule has 2 aromatic carbocycles. The summed E-state index contributed by atoms with van der Waals surface area (Å²) in [5, 5.41) is 18.7. The summed E-state index contributed by atoms with van der Waals surface area (Å²) in [7, 11) is 0. The van der Waals surface area contributed by atoms with Gasteiger partial charge < -0.3 is 16.2 Å². The molecule has 3 aromatic rings. The van der Waals surface area contributed by atoms with Crippen molar-refractivity contribution in [2.24, 2.45) is 0 Å². The zero-order chi connectivity index (χ0) is 18.6. The Hall–Kier alpha value is -2.90. The van der Waals surface area contributed by atoms with Gasteiger partial charge in [0.25, 0.3) is 5.91 Å². The van der Waals surface area contributed by atoms with Gasteiger partial charge in [0.05, 0.1) is 16.9 Å². The number of aliphatic hydroxyl groups is 1. The number of carbonyl (C=O) groups excluding carboxylic acids is 1. The third-order valence-electron chi connectivity index (χ3n) is 4.48. The first-order valence-corrected chi connectivity index (χ1v) is 8.15. The average molecular weight is 373 g/mol. The molecule has 0 fully saturated rings. The number of nitrogen functional groups attached to an aromatic ring is 1. The van der Waals surface area contributed by atoms with Crippen LogP contribution in [0.1, 0.15) is 16.8 Å². The third-order valence-corrected chi connectivity index (χ3v) is 4.73. The van der Waals surface area contributed by atoms with Gasteiger partial charge in [0, 0.05) is 16.3 Å². The van der Waals surface area contributed by atoms with Crippen molar-refractivity contribution in [3.8, 4) is 5.69 Å². The summed E-state index contributed by atoms with van der Waals surface area (Å²) in [5.74, 6) is -1.19. The number of benzene rings is 2. The van der Waals surface area contributed by atoms with Gasteiger partial charge in [-0.05, 0) is 49.4 Å². The SMILES string of the molecule is Cc1nn(-c2ccc(Cl)cc2)c(N)c1[C@]1(O)C(=O)Nc2ccc(F)cc21. The second-order valence-corrected chi connectivity index (χ2v) is 6.52. The fourth-order valence-electron chi connectivity index (χ4n) is 3.28. The van der Waals surface area contributed by atoms with Gasteiger partial charge in [-0.25, -0.2) is 9.07 Å². The molecule has 0 spiro atoms. The minimum absolute atomic E-state index is 0.0829. The van der Waals surface area contributed by atoms with Crippen molar-refractivity contribution in [1.29, 1.82) is 0 Å². The predicted molar refractivity (Wildman–Crippen MR) is 95.8 cm³/mol. The molecule has 6 nitrogen and oxygen atoms in total. The van der Waals surface area contributed by atoms with Crippen LogP contribution in [0.15, 0.2) is 42.5 Å². The Morgan fingerprint density at radius 3 is 2.65 bits per heavy atom. The van der Waals surface area contributed by atoms with E-state index >= 15 is 0 Å². The number of fused-ring (bicyclic) bond motifs is 1. The van der Waals surface area contributed by atoms with Crippen LogP contribution in [0, 0.1) is 12.7 Å². The normalized spacial score (nSPS) is 18.7. The number of amides is 1. The summed E-state index contributed by atoms with van der Waals surface area (Å²) in [5.41, 5.74) is 5.62. The topological polar surface area (TPSA) is 93.2 Å². The fourth-order valence-corrected chi connectivity index (χ4v) is 3.41. The number of nitrogens with two attached hydrogens (primary N) is 1. The van der Waals surface area contributed by atoms with Crippen LogP contribution < -0.4 is 11.1 Å². The summed E-state index contributed by atoms with van der Waals surface area (Å²) >= 11 is 5.90. The van der Waals surface area contributed by atoms with E-state index in [4.69, 9.17) is 17.3 Å². The number of rotatable bonds is 2. The van der Waals surface area contributed by atoms with E-state index in [-0.39, 0.29) is 16.9 Å². The monoisotopic (exact) mass is 372 g/mol. The van der Waals surface area contributed by atoms with Crippen molar-refractivity contribution in [2.45, 2.75) is 12.5 Å². The summed E-state index contributed by atoms with van der Waals surface area (Å²) in [6.07, 6.45) is 0. The molecule has 1 aromatic heterocycles. The average Bonchev–Trinajstić information content (AvgIpc) is 3.03. The third kappa shape index (κ3) is 2.21. The first-order chi connectivity index (χ1) is 12.3. The molecule has 1 aliphatic heterocycles. The molecular formula is C18H14ClFN4O2. The van der Waals surface area contributed by atoms with E-state index in [0.717, 1.165) is 6.07 Å². The number of hydrogen-bond donors (Lipinski definition) is 3. The van der Waals surface area contributed by atoms with Crippen LogP contribution in [-0.2, 0) is 10.4 Å². The van der Waals surface area contributed by atoms with E-state index in [2.05, 4.69) is 10.4 Å². The zero-order valence-corrected chi connectivity index (χ0v) is 14.4. The van der Waals surface area contributed by atoms with Crippen LogP contribution in [0.4, 0.5) is 15.9 Å². The number of nitrogens with one attached hydrogen (secondary N) is 1. The van der Waals surface area contributed by atoms with Gasteiger partial charge in [0.15, 0.2) is 0 Å². The minimum Gasteiger partial charge on any atom is -0.383 e. The van der Waals surface area contributed by atoms with Crippen LogP contribution in [0.2, 0.25) is 5.02 Å². The van der Waals surface area contributed by atoms with Crippen molar-refractivity contribution in [1.82, 2.24) is 9.78 Å². The van der Waals surface area contributed by atoms with Crippen LogP contribution in [-0.4, -0.2) is 20.8 Å². The minimum atomic E-state index is -2.13. The van der Waals surface area contributed by atoms with Crippen LogP contribution in [0.25, 0.3) is 5.69 Å². The number of aryl methyl sites for hydroxylation is 1. The van der Waals surface area contributed by atoms with Crippen LogP contribution in [0.3, 0.4) is 0 Å². The lowest BCUT2D eigenvalue weighted by Crippen LogP contribution is -2.36. The van der Waals surface area contributed by atoms with Crippen LogP contribution in [0.5, 0.6) is 0 Å². The van der Waals surface area contributed by atoms with Crippen molar-refractivity contribution in [3.05, 3.63) is 70.1 Å². The number of hydrogen-bond acceptors (Lipinski definition) is 4. The lowest BCUT2D eigenvalue weighted by atomic mass is 9.87. The van der Waals surface area contributed by atoms with E-state index in [1.165, 1.54) is 16.8 Å². The zero-order valence-electron chi connectivity index (χ0n) is 13.6. The molecule has 8 heteroatoms. The second kappa shape index (κ2) is 5.55. The highest BCUT2D eigenvalue weighted by atomic mass is 35.5. The molecule has 0 saturated carbocycles. The first-order valence-electron chi connectivity index (χ1n) is 7.77. The number of anilines is 2. The van der Waals surface area contributed by atoms with Crippen molar-refractivity contribution >= 4 is 29.0 Å². The lowest BCUT2D eigenvalue weighted by Gasteiger charge is -2.21. The second-order valence-electron chi connectivity index (χ2n) is 6.09. The highest BCUT2D eigenvalue weighted by Gasteiger charge is 2.50. The van der Waals surface area contributed by atoms with Gasteiger partial charge in [-0.1, -0.05) is 11.6 Å².